The van der Waals surface area contributed by atoms with Crippen molar-refractivity contribution in [2.45, 2.75) is 63.5 Å². The van der Waals surface area contributed by atoms with Gasteiger partial charge in [0.15, 0.2) is 0 Å². The molecule has 114 valence electrons. The Bertz CT molecular complexity index is 492. The number of rotatable bonds is 3. The molecule has 2 N–H and O–H groups in total. The van der Waals surface area contributed by atoms with Gasteiger partial charge in [0.25, 0.3) is 0 Å². The van der Waals surface area contributed by atoms with E-state index in [2.05, 4.69) is 5.32 Å². The molecule has 1 aromatic carbocycles. The van der Waals surface area contributed by atoms with Crippen molar-refractivity contribution in [1.29, 1.82) is 0 Å². The molecule has 0 unspecified atom stereocenters. The number of aliphatic hydroxyl groups excluding tert-OH is 1. The largest absolute Gasteiger partial charge is 0.390 e. The molecule has 0 aliphatic heterocycles. The van der Waals surface area contributed by atoms with E-state index in [9.17, 15) is 9.90 Å². The Balaban J connectivity index is 1.59. The predicted octanol–water partition coefficient (Wildman–Crippen LogP) is 3.12. The van der Waals surface area contributed by atoms with Gasteiger partial charge in [0.1, 0.15) is 0 Å². The fourth-order valence-corrected chi connectivity index (χ4v) is 3.81. The summed E-state index contributed by atoms with van der Waals surface area (Å²) in [5.74, 6) is 0.629. The van der Waals surface area contributed by atoms with Crippen LogP contribution in [0.2, 0.25) is 0 Å². The topological polar surface area (TPSA) is 49.3 Å². The highest BCUT2D eigenvalue weighted by Gasteiger charge is 2.32. The normalized spacial score (nSPS) is 26.1. The SMILES string of the molecule is O=C(CC1CCCCCC1)N[C@@H]1c2ccccc2C[C@@H]1O. The number of nitrogens with one attached hydrogen (secondary N) is 1. The second kappa shape index (κ2) is 6.61. The molecular formula is C18H25NO2. The third kappa shape index (κ3) is 3.46. The molecule has 1 amide bonds. The molecule has 21 heavy (non-hydrogen) atoms. The van der Waals surface area contributed by atoms with Crippen LogP contribution in [-0.4, -0.2) is 17.1 Å². The Morgan fingerprint density at radius 1 is 1.14 bits per heavy atom. The molecule has 2 aliphatic rings. The van der Waals surface area contributed by atoms with Crippen LogP contribution in [0.5, 0.6) is 0 Å². The number of amides is 1. The smallest absolute Gasteiger partial charge is 0.220 e. The Labute approximate surface area is 126 Å². The van der Waals surface area contributed by atoms with E-state index in [1.807, 2.05) is 24.3 Å². The third-order valence-electron chi connectivity index (χ3n) is 4.97. The monoisotopic (exact) mass is 287 g/mol. The Kier molecular flexibility index (Phi) is 4.59. The molecule has 3 rings (SSSR count). The van der Waals surface area contributed by atoms with Crippen molar-refractivity contribution in [2.75, 3.05) is 0 Å². The minimum absolute atomic E-state index is 0.0997. The number of carbonyl (C=O) groups excluding carboxylic acids is 1. The number of aliphatic hydroxyl groups is 1. The van der Waals surface area contributed by atoms with Gasteiger partial charge in [0, 0.05) is 12.8 Å². The second-order valence-corrected chi connectivity index (χ2v) is 6.58. The fraction of sp³-hybridized carbons (Fsp3) is 0.611. The van der Waals surface area contributed by atoms with Crippen LogP contribution < -0.4 is 5.32 Å². The van der Waals surface area contributed by atoms with Crippen molar-refractivity contribution < 1.29 is 9.90 Å². The molecule has 0 radical (unpaired) electrons. The van der Waals surface area contributed by atoms with E-state index in [4.69, 9.17) is 0 Å². The van der Waals surface area contributed by atoms with Crippen molar-refractivity contribution in [1.82, 2.24) is 5.32 Å². The standard InChI is InChI=1S/C18H25NO2/c20-16-12-14-9-5-6-10-15(14)18(16)19-17(21)11-13-7-3-1-2-4-8-13/h5-6,9-10,13,16,18,20H,1-4,7-8,11-12H2,(H,19,21)/t16-,18+/m0/s1. The van der Waals surface area contributed by atoms with Crippen LogP contribution in [-0.2, 0) is 11.2 Å². The quantitative estimate of drug-likeness (QED) is 0.839. The van der Waals surface area contributed by atoms with Gasteiger partial charge in [0.2, 0.25) is 5.91 Å². The summed E-state index contributed by atoms with van der Waals surface area (Å²) in [6.07, 6.45) is 8.27. The van der Waals surface area contributed by atoms with Crippen LogP contribution in [0, 0.1) is 5.92 Å². The zero-order valence-corrected chi connectivity index (χ0v) is 12.6. The highest BCUT2D eigenvalue weighted by molar-refractivity contribution is 5.77. The first-order valence-corrected chi connectivity index (χ1v) is 8.29. The first kappa shape index (κ1) is 14.6. The molecule has 0 saturated heterocycles. The highest BCUT2D eigenvalue weighted by Crippen LogP contribution is 2.32. The minimum Gasteiger partial charge on any atom is -0.390 e. The van der Waals surface area contributed by atoms with E-state index in [0.29, 0.717) is 18.8 Å². The Hall–Kier alpha value is -1.35. The molecule has 3 heteroatoms. The van der Waals surface area contributed by atoms with E-state index in [0.717, 1.165) is 11.1 Å². The van der Waals surface area contributed by atoms with E-state index in [-0.39, 0.29) is 11.9 Å². The first-order chi connectivity index (χ1) is 10.2. The maximum atomic E-state index is 12.3. The van der Waals surface area contributed by atoms with Crippen LogP contribution >= 0.6 is 0 Å². The van der Waals surface area contributed by atoms with Gasteiger partial charge in [-0.15, -0.1) is 0 Å². The summed E-state index contributed by atoms with van der Waals surface area (Å²) in [7, 11) is 0. The fourth-order valence-electron chi connectivity index (χ4n) is 3.81. The van der Waals surface area contributed by atoms with Gasteiger partial charge in [-0.3, -0.25) is 4.79 Å². The Morgan fingerprint density at radius 3 is 2.62 bits per heavy atom. The first-order valence-electron chi connectivity index (χ1n) is 8.29. The summed E-state index contributed by atoms with van der Waals surface area (Å²) in [5, 5.41) is 13.3. The molecular weight excluding hydrogens is 262 g/mol. The number of hydrogen-bond donors (Lipinski definition) is 2. The van der Waals surface area contributed by atoms with Crippen molar-refractivity contribution in [3.05, 3.63) is 35.4 Å². The molecule has 0 bridgehead atoms. The molecule has 0 aromatic heterocycles. The molecule has 0 heterocycles. The van der Waals surface area contributed by atoms with Gasteiger partial charge in [-0.1, -0.05) is 49.9 Å². The Morgan fingerprint density at radius 2 is 1.86 bits per heavy atom. The maximum absolute atomic E-state index is 12.3. The highest BCUT2D eigenvalue weighted by atomic mass is 16.3. The lowest BCUT2D eigenvalue weighted by molar-refractivity contribution is -0.123. The number of carbonyl (C=O) groups is 1. The van der Waals surface area contributed by atoms with Crippen molar-refractivity contribution in [3.63, 3.8) is 0 Å². The van der Waals surface area contributed by atoms with Crippen LogP contribution in [0.3, 0.4) is 0 Å². The molecule has 1 saturated carbocycles. The second-order valence-electron chi connectivity index (χ2n) is 6.58. The molecule has 3 nitrogen and oxygen atoms in total. The average Bonchev–Trinajstić information content (AvgIpc) is 2.66. The summed E-state index contributed by atoms with van der Waals surface area (Å²) in [6, 6.07) is 7.79. The van der Waals surface area contributed by atoms with Gasteiger partial charge < -0.3 is 10.4 Å². The van der Waals surface area contributed by atoms with Crippen molar-refractivity contribution >= 4 is 5.91 Å². The van der Waals surface area contributed by atoms with Gasteiger partial charge in [0.05, 0.1) is 12.1 Å². The van der Waals surface area contributed by atoms with E-state index < -0.39 is 6.10 Å². The van der Waals surface area contributed by atoms with Crippen LogP contribution in [0.15, 0.2) is 24.3 Å². The van der Waals surface area contributed by atoms with E-state index >= 15 is 0 Å². The van der Waals surface area contributed by atoms with Gasteiger partial charge in [-0.2, -0.15) is 0 Å². The van der Waals surface area contributed by atoms with Gasteiger partial charge >= 0.3 is 0 Å². The average molecular weight is 287 g/mol. The number of hydrogen-bond acceptors (Lipinski definition) is 2. The van der Waals surface area contributed by atoms with Crippen LogP contribution in [0.1, 0.15) is 62.1 Å². The summed E-state index contributed by atoms with van der Waals surface area (Å²) in [4.78, 5) is 12.3. The lowest BCUT2D eigenvalue weighted by atomic mass is 9.96. The molecule has 2 atom stereocenters. The number of benzene rings is 1. The summed E-state index contributed by atoms with van der Waals surface area (Å²) in [5.41, 5.74) is 2.24. The molecule has 2 aliphatic carbocycles. The summed E-state index contributed by atoms with van der Waals surface area (Å²) < 4.78 is 0. The molecule has 1 fully saturated rings. The summed E-state index contributed by atoms with van der Waals surface area (Å²) in [6.45, 7) is 0. The van der Waals surface area contributed by atoms with Crippen molar-refractivity contribution in [2.24, 2.45) is 5.92 Å². The number of fused-ring (bicyclic) bond motifs is 1. The van der Waals surface area contributed by atoms with Crippen LogP contribution in [0.25, 0.3) is 0 Å². The van der Waals surface area contributed by atoms with E-state index in [1.54, 1.807) is 0 Å². The third-order valence-corrected chi connectivity index (χ3v) is 4.97. The van der Waals surface area contributed by atoms with Crippen molar-refractivity contribution in [3.8, 4) is 0 Å². The van der Waals surface area contributed by atoms with E-state index in [1.165, 1.54) is 38.5 Å². The van der Waals surface area contributed by atoms with Gasteiger partial charge in [-0.25, -0.2) is 0 Å². The summed E-state index contributed by atoms with van der Waals surface area (Å²) >= 11 is 0. The lowest BCUT2D eigenvalue weighted by Crippen LogP contribution is -2.34. The minimum atomic E-state index is -0.486. The zero-order valence-electron chi connectivity index (χ0n) is 12.6. The lowest BCUT2D eigenvalue weighted by Gasteiger charge is -2.20. The maximum Gasteiger partial charge on any atom is 0.220 e. The van der Waals surface area contributed by atoms with Gasteiger partial charge in [-0.05, 0) is 29.9 Å². The molecule has 0 spiro atoms. The zero-order chi connectivity index (χ0) is 14.7. The predicted molar refractivity (Wildman–Crippen MR) is 82.8 cm³/mol. The van der Waals surface area contributed by atoms with Crippen LogP contribution in [0.4, 0.5) is 0 Å². The molecule has 1 aromatic rings.